The molecule has 0 aliphatic carbocycles. The van der Waals surface area contributed by atoms with Crippen LogP contribution in [0.2, 0.25) is 10.0 Å². The molecule has 1 spiro atoms. The minimum absolute atomic E-state index is 0.0597. The highest BCUT2D eigenvalue weighted by Crippen LogP contribution is 2.43. The van der Waals surface area contributed by atoms with E-state index >= 15 is 0 Å². The Morgan fingerprint density at radius 1 is 1.00 bits per heavy atom. The second-order valence-corrected chi connectivity index (χ2v) is 7.72. The van der Waals surface area contributed by atoms with Gasteiger partial charge in [-0.3, -0.25) is 4.99 Å². The lowest BCUT2D eigenvalue weighted by atomic mass is 9.71. The van der Waals surface area contributed by atoms with Crippen LogP contribution in [-0.4, -0.2) is 18.9 Å². The fraction of sp³-hybridized carbons (Fsp3) is 0.350. The molecule has 2 heterocycles. The maximum atomic E-state index is 6.25. The van der Waals surface area contributed by atoms with E-state index in [4.69, 9.17) is 28.2 Å². The molecular weight excluding hydrogens is 353 g/mol. The first-order valence-electron chi connectivity index (χ1n) is 8.71. The van der Waals surface area contributed by atoms with E-state index in [1.807, 2.05) is 18.2 Å². The summed E-state index contributed by atoms with van der Waals surface area (Å²) in [5.74, 6) is 1.09. The van der Waals surface area contributed by atoms with Crippen LogP contribution in [-0.2, 0) is 13.0 Å². The molecule has 2 aromatic carbocycles. The smallest absolute Gasteiger partial charge is 0.108 e. The third-order valence-corrected chi connectivity index (χ3v) is 5.98. The summed E-state index contributed by atoms with van der Waals surface area (Å²) < 4.78 is 0. The first-order valence-corrected chi connectivity index (χ1v) is 9.46. The number of rotatable bonds is 2. The second-order valence-electron chi connectivity index (χ2n) is 6.91. The van der Waals surface area contributed by atoms with E-state index in [0.29, 0.717) is 16.6 Å². The third-order valence-electron chi connectivity index (χ3n) is 5.25. The summed E-state index contributed by atoms with van der Waals surface area (Å²) in [5, 5.41) is 8.24. The van der Waals surface area contributed by atoms with Gasteiger partial charge in [-0.25, -0.2) is 0 Å². The number of benzene rings is 2. The number of aliphatic imine (C=N–C) groups is 1. The van der Waals surface area contributed by atoms with E-state index < -0.39 is 0 Å². The van der Waals surface area contributed by atoms with Gasteiger partial charge in [-0.05, 0) is 55.6 Å². The van der Waals surface area contributed by atoms with Crippen molar-refractivity contribution < 1.29 is 0 Å². The van der Waals surface area contributed by atoms with Crippen LogP contribution in [0.25, 0.3) is 0 Å². The molecule has 0 saturated carbocycles. The number of nitrogens with one attached hydrogen (secondary N) is 2. The minimum Gasteiger partial charge on any atom is -0.343 e. The van der Waals surface area contributed by atoms with Crippen molar-refractivity contribution in [2.24, 2.45) is 10.4 Å². The van der Waals surface area contributed by atoms with Gasteiger partial charge in [0.1, 0.15) is 5.84 Å². The number of hydrogen-bond acceptors (Lipinski definition) is 2. The molecule has 3 nitrogen and oxygen atoms in total. The minimum atomic E-state index is 0.0597. The van der Waals surface area contributed by atoms with Gasteiger partial charge in [0.15, 0.2) is 0 Å². The lowest BCUT2D eigenvalue weighted by molar-refractivity contribution is 0.293. The quantitative estimate of drug-likeness (QED) is 0.782. The molecule has 0 bridgehead atoms. The highest BCUT2D eigenvalue weighted by Gasteiger charge is 2.41. The first kappa shape index (κ1) is 16.9. The Morgan fingerprint density at radius 2 is 1.72 bits per heavy atom. The van der Waals surface area contributed by atoms with Crippen LogP contribution < -0.4 is 10.6 Å². The van der Waals surface area contributed by atoms with Gasteiger partial charge >= 0.3 is 0 Å². The lowest BCUT2D eigenvalue weighted by Crippen LogP contribution is -2.48. The highest BCUT2D eigenvalue weighted by atomic mass is 35.5. The van der Waals surface area contributed by atoms with Crippen LogP contribution in [0.4, 0.5) is 5.69 Å². The molecule has 2 aromatic rings. The summed E-state index contributed by atoms with van der Waals surface area (Å²) in [5.41, 5.74) is 3.55. The SMILES string of the molecule is Clc1cc2c(cc1Cl)NC(=NCc1ccccc1)C1(CCNCC1)C2. The highest BCUT2D eigenvalue weighted by molar-refractivity contribution is 6.42. The zero-order valence-electron chi connectivity index (χ0n) is 14.0. The Balaban J connectivity index is 1.70. The van der Waals surface area contributed by atoms with Crippen molar-refractivity contribution in [3.8, 4) is 0 Å². The summed E-state index contributed by atoms with van der Waals surface area (Å²) in [7, 11) is 0. The Labute approximate surface area is 158 Å². The van der Waals surface area contributed by atoms with E-state index in [-0.39, 0.29) is 5.41 Å². The van der Waals surface area contributed by atoms with Gasteiger partial charge in [0.25, 0.3) is 0 Å². The van der Waals surface area contributed by atoms with Crippen molar-refractivity contribution in [2.45, 2.75) is 25.8 Å². The molecule has 2 aliphatic heterocycles. The number of halogens is 2. The summed E-state index contributed by atoms with van der Waals surface area (Å²) in [6, 6.07) is 14.3. The molecule has 4 rings (SSSR count). The summed E-state index contributed by atoms with van der Waals surface area (Å²) >= 11 is 12.5. The monoisotopic (exact) mass is 373 g/mol. The first-order chi connectivity index (χ1) is 12.2. The Kier molecular flexibility index (Phi) is 4.72. The van der Waals surface area contributed by atoms with Crippen molar-refractivity contribution in [1.29, 1.82) is 0 Å². The van der Waals surface area contributed by atoms with Crippen molar-refractivity contribution in [2.75, 3.05) is 18.4 Å². The predicted molar refractivity (Wildman–Crippen MR) is 106 cm³/mol. The molecule has 2 aliphatic rings. The molecule has 130 valence electrons. The van der Waals surface area contributed by atoms with Crippen LogP contribution in [0, 0.1) is 5.41 Å². The van der Waals surface area contributed by atoms with E-state index in [1.54, 1.807) is 0 Å². The van der Waals surface area contributed by atoms with E-state index in [2.05, 4.69) is 34.9 Å². The summed E-state index contributed by atoms with van der Waals surface area (Å²) in [4.78, 5) is 4.98. The van der Waals surface area contributed by atoms with Gasteiger partial charge in [0.2, 0.25) is 0 Å². The summed E-state index contributed by atoms with van der Waals surface area (Å²) in [6.45, 7) is 2.72. The van der Waals surface area contributed by atoms with E-state index in [9.17, 15) is 0 Å². The molecular formula is C20H21Cl2N3. The van der Waals surface area contributed by atoms with E-state index in [0.717, 1.165) is 43.9 Å². The average Bonchev–Trinajstić information content (AvgIpc) is 2.63. The number of anilines is 1. The van der Waals surface area contributed by atoms with Gasteiger partial charge in [-0.2, -0.15) is 0 Å². The Bertz CT molecular complexity index is 796. The number of nitrogens with zero attached hydrogens (tertiary/aromatic N) is 1. The zero-order valence-corrected chi connectivity index (χ0v) is 15.5. The molecule has 1 saturated heterocycles. The van der Waals surface area contributed by atoms with Gasteiger partial charge in [0.05, 0.1) is 16.6 Å². The number of fused-ring (bicyclic) bond motifs is 1. The average molecular weight is 374 g/mol. The maximum absolute atomic E-state index is 6.25. The molecule has 0 atom stereocenters. The molecule has 0 unspecified atom stereocenters. The topological polar surface area (TPSA) is 36.4 Å². The van der Waals surface area contributed by atoms with Gasteiger partial charge in [-0.15, -0.1) is 0 Å². The largest absolute Gasteiger partial charge is 0.343 e. The normalized spacial score (nSPS) is 20.3. The van der Waals surface area contributed by atoms with Gasteiger partial charge < -0.3 is 10.6 Å². The molecule has 25 heavy (non-hydrogen) atoms. The number of amidine groups is 1. The van der Waals surface area contributed by atoms with Crippen LogP contribution >= 0.6 is 23.2 Å². The van der Waals surface area contributed by atoms with Crippen LogP contribution in [0.5, 0.6) is 0 Å². The standard InChI is InChI=1S/C20H21Cl2N3/c21-16-10-15-12-20(6-8-23-9-7-20)19(25-18(15)11-17(16)22)24-13-14-4-2-1-3-5-14/h1-5,10-11,23H,6-9,12-13H2,(H,24,25). The fourth-order valence-electron chi connectivity index (χ4n) is 3.84. The van der Waals surface area contributed by atoms with E-state index in [1.165, 1.54) is 11.1 Å². The summed E-state index contributed by atoms with van der Waals surface area (Å²) in [6.07, 6.45) is 3.11. The molecule has 0 aromatic heterocycles. The molecule has 1 fully saturated rings. The molecule has 5 heteroatoms. The fourth-order valence-corrected chi connectivity index (χ4v) is 4.19. The molecule has 2 N–H and O–H groups in total. The molecule has 0 radical (unpaired) electrons. The van der Waals surface area contributed by atoms with Crippen LogP contribution in [0.15, 0.2) is 47.5 Å². The Hall–Kier alpha value is -1.55. The van der Waals surface area contributed by atoms with Crippen LogP contribution in [0.3, 0.4) is 0 Å². The van der Waals surface area contributed by atoms with Crippen molar-refractivity contribution in [3.05, 3.63) is 63.6 Å². The van der Waals surface area contributed by atoms with Crippen molar-refractivity contribution in [1.82, 2.24) is 5.32 Å². The number of hydrogen-bond donors (Lipinski definition) is 2. The lowest BCUT2D eigenvalue weighted by Gasteiger charge is -2.43. The third kappa shape index (κ3) is 3.41. The predicted octanol–water partition coefficient (Wildman–Crippen LogP) is 4.93. The van der Waals surface area contributed by atoms with Crippen molar-refractivity contribution in [3.63, 3.8) is 0 Å². The maximum Gasteiger partial charge on any atom is 0.108 e. The Morgan fingerprint density at radius 3 is 2.48 bits per heavy atom. The second kappa shape index (κ2) is 6.99. The van der Waals surface area contributed by atoms with Crippen LogP contribution in [0.1, 0.15) is 24.0 Å². The zero-order chi connectivity index (χ0) is 17.3. The van der Waals surface area contributed by atoms with Gasteiger partial charge in [-0.1, -0.05) is 53.5 Å². The van der Waals surface area contributed by atoms with Gasteiger partial charge in [0, 0.05) is 11.1 Å². The number of piperidine rings is 1. The molecule has 0 amide bonds. The van der Waals surface area contributed by atoms with Crippen molar-refractivity contribution >= 4 is 34.7 Å².